The Balaban J connectivity index is 2.39. The van der Waals surface area contributed by atoms with Gasteiger partial charge in [0.15, 0.2) is 0 Å². The number of aromatic carboxylic acids is 1. The molecule has 0 aliphatic carbocycles. The van der Waals surface area contributed by atoms with Gasteiger partial charge in [-0.05, 0) is 43.9 Å². The number of carboxylic acid groups (broad SMARTS) is 1. The SMILES string of the molecule is CC1CCCN(c2ccc(C(=O)O)cc2C#N)C1C. The van der Waals surface area contributed by atoms with Gasteiger partial charge in [-0.3, -0.25) is 0 Å². The standard InChI is InChI=1S/C15H18N2O2/c1-10-4-3-7-17(11(10)2)14-6-5-12(15(18)19)8-13(14)9-16/h5-6,8,10-11H,3-4,7H2,1-2H3,(H,18,19). The van der Waals surface area contributed by atoms with E-state index in [4.69, 9.17) is 5.11 Å². The molecule has 0 radical (unpaired) electrons. The van der Waals surface area contributed by atoms with Crippen molar-refractivity contribution in [3.05, 3.63) is 29.3 Å². The van der Waals surface area contributed by atoms with Crippen LogP contribution >= 0.6 is 0 Å². The van der Waals surface area contributed by atoms with E-state index in [-0.39, 0.29) is 5.56 Å². The molecule has 4 nitrogen and oxygen atoms in total. The van der Waals surface area contributed by atoms with E-state index in [1.807, 2.05) is 0 Å². The summed E-state index contributed by atoms with van der Waals surface area (Å²) < 4.78 is 0. The summed E-state index contributed by atoms with van der Waals surface area (Å²) in [7, 11) is 0. The zero-order chi connectivity index (χ0) is 14.0. The van der Waals surface area contributed by atoms with E-state index in [1.165, 1.54) is 12.5 Å². The van der Waals surface area contributed by atoms with Crippen molar-refractivity contribution in [3.8, 4) is 6.07 Å². The van der Waals surface area contributed by atoms with E-state index in [2.05, 4.69) is 24.8 Å². The van der Waals surface area contributed by atoms with Crippen molar-refractivity contribution in [2.45, 2.75) is 32.7 Å². The van der Waals surface area contributed by atoms with E-state index in [0.717, 1.165) is 18.7 Å². The molecule has 1 N–H and O–H groups in total. The summed E-state index contributed by atoms with van der Waals surface area (Å²) in [4.78, 5) is 13.2. The monoisotopic (exact) mass is 258 g/mol. The summed E-state index contributed by atoms with van der Waals surface area (Å²) in [5.41, 5.74) is 1.46. The second-order valence-electron chi connectivity index (χ2n) is 5.20. The highest BCUT2D eigenvalue weighted by molar-refractivity contribution is 5.89. The average Bonchev–Trinajstić information content (AvgIpc) is 2.41. The van der Waals surface area contributed by atoms with Gasteiger partial charge < -0.3 is 10.0 Å². The minimum Gasteiger partial charge on any atom is -0.478 e. The fourth-order valence-electron chi connectivity index (χ4n) is 2.68. The van der Waals surface area contributed by atoms with Crippen molar-refractivity contribution < 1.29 is 9.90 Å². The molecular formula is C15H18N2O2. The molecule has 1 aromatic carbocycles. The van der Waals surface area contributed by atoms with Crippen LogP contribution in [0, 0.1) is 17.2 Å². The molecule has 2 atom stereocenters. The average molecular weight is 258 g/mol. The molecule has 0 bridgehead atoms. The van der Waals surface area contributed by atoms with Gasteiger partial charge in [0.05, 0.1) is 16.8 Å². The molecular weight excluding hydrogens is 240 g/mol. The van der Waals surface area contributed by atoms with Crippen molar-refractivity contribution >= 4 is 11.7 Å². The second-order valence-corrected chi connectivity index (χ2v) is 5.20. The molecule has 1 aromatic rings. The molecule has 2 rings (SSSR count). The van der Waals surface area contributed by atoms with Gasteiger partial charge in [-0.2, -0.15) is 5.26 Å². The second kappa shape index (κ2) is 5.31. The van der Waals surface area contributed by atoms with Gasteiger partial charge in [0.1, 0.15) is 6.07 Å². The molecule has 0 amide bonds. The number of nitrogens with zero attached hydrogens (tertiary/aromatic N) is 2. The van der Waals surface area contributed by atoms with Crippen LogP contribution in [0.15, 0.2) is 18.2 Å². The molecule has 19 heavy (non-hydrogen) atoms. The lowest BCUT2D eigenvalue weighted by Crippen LogP contribution is -2.42. The minimum absolute atomic E-state index is 0.165. The fourth-order valence-corrected chi connectivity index (χ4v) is 2.68. The summed E-state index contributed by atoms with van der Waals surface area (Å²) in [6.07, 6.45) is 2.31. The number of rotatable bonds is 2. The number of carboxylic acids is 1. The van der Waals surface area contributed by atoms with Crippen LogP contribution in [0.3, 0.4) is 0 Å². The Labute approximate surface area is 113 Å². The highest BCUT2D eigenvalue weighted by atomic mass is 16.4. The number of anilines is 1. The van der Waals surface area contributed by atoms with Crippen LogP contribution < -0.4 is 4.90 Å². The van der Waals surface area contributed by atoms with E-state index >= 15 is 0 Å². The maximum absolute atomic E-state index is 11.0. The highest BCUT2D eigenvalue weighted by Crippen LogP contribution is 2.31. The highest BCUT2D eigenvalue weighted by Gasteiger charge is 2.26. The van der Waals surface area contributed by atoms with Gasteiger partial charge in [-0.1, -0.05) is 6.92 Å². The van der Waals surface area contributed by atoms with Gasteiger partial charge in [-0.15, -0.1) is 0 Å². The first-order valence-electron chi connectivity index (χ1n) is 6.58. The zero-order valence-electron chi connectivity index (χ0n) is 11.3. The van der Waals surface area contributed by atoms with Crippen LogP contribution in [0.25, 0.3) is 0 Å². The number of benzene rings is 1. The third-order valence-electron chi connectivity index (χ3n) is 4.05. The Morgan fingerprint density at radius 2 is 2.21 bits per heavy atom. The smallest absolute Gasteiger partial charge is 0.335 e. The number of carbonyl (C=O) groups is 1. The largest absolute Gasteiger partial charge is 0.478 e. The number of nitriles is 1. The Morgan fingerprint density at radius 3 is 2.84 bits per heavy atom. The van der Waals surface area contributed by atoms with Crippen molar-refractivity contribution in [3.63, 3.8) is 0 Å². The lowest BCUT2D eigenvalue weighted by atomic mass is 9.91. The van der Waals surface area contributed by atoms with Crippen LogP contribution in [-0.4, -0.2) is 23.7 Å². The quantitative estimate of drug-likeness (QED) is 0.885. The first kappa shape index (κ1) is 13.4. The van der Waals surface area contributed by atoms with E-state index in [9.17, 15) is 10.1 Å². The van der Waals surface area contributed by atoms with Gasteiger partial charge in [0, 0.05) is 12.6 Å². The molecule has 100 valence electrons. The van der Waals surface area contributed by atoms with Crippen molar-refractivity contribution in [1.82, 2.24) is 0 Å². The number of hydrogen-bond acceptors (Lipinski definition) is 3. The molecule has 0 saturated carbocycles. The normalized spacial score (nSPS) is 22.9. The van der Waals surface area contributed by atoms with Crippen LogP contribution in [0.1, 0.15) is 42.6 Å². The van der Waals surface area contributed by atoms with Crippen molar-refractivity contribution in [2.75, 3.05) is 11.4 Å². The molecule has 1 aliphatic rings. The minimum atomic E-state index is -0.997. The summed E-state index contributed by atoms with van der Waals surface area (Å²) in [6, 6.07) is 7.29. The van der Waals surface area contributed by atoms with E-state index in [1.54, 1.807) is 12.1 Å². The Morgan fingerprint density at radius 1 is 1.47 bits per heavy atom. The molecule has 4 heteroatoms. The Kier molecular flexibility index (Phi) is 3.75. The third kappa shape index (κ3) is 2.55. The maximum Gasteiger partial charge on any atom is 0.335 e. The summed E-state index contributed by atoms with van der Waals surface area (Å²) in [5, 5.41) is 18.2. The Hall–Kier alpha value is -2.02. The van der Waals surface area contributed by atoms with Gasteiger partial charge in [-0.25, -0.2) is 4.79 Å². The lowest BCUT2D eigenvalue weighted by Gasteiger charge is -2.40. The molecule has 2 unspecified atom stereocenters. The van der Waals surface area contributed by atoms with Crippen LogP contribution in [0.4, 0.5) is 5.69 Å². The van der Waals surface area contributed by atoms with E-state index < -0.39 is 5.97 Å². The number of piperidine rings is 1. The maximum atomic E-state index is 11.0. The predicted octanol–water partition coefficient (Wildman–Crippen LogP) is 2.88. The first-order chi connectivity index (χ1) is 9.04. The molecule has 1 heterocycles. The third-order valence-corrected chi connectivity index (χ3v) is 4.05. The van der Waals surface area contributed by atoms with Crippen molar-refractivity contribution in [1.29, 1.82) is 5.26 Å². The van der Waals surface area contributed by atoms with Gasteiger partial charge in [0.2, 0.25) is 0 Å². The molecule has 1 saturated heterocycles. The zero-order valence-corrected chi connectivity index (χ0v) is 11.3. The molecule has 1 fully saturated rings. The van der Waals surface area contributed by atoms with Crippen molar-refractivity contribution in [2.24, 2.45) is 5.92 Å². The van der Waals surface area contributed by atoms with Crippen LogP contribution in [0.5, 0.6) is 0 Å². The van der Waals surface area contributed by atoms with E-state index in [0.29, 0.717) is 17.5 Å². The summed E-state index contributed by atoms with van der Waals surface area (Å²) >= 11 is 0. The predicted molar refractivity (Wildman–Crippen MR) is 73.3 cm³/mol. The summed E-state index contributed by atoms with van der Waals surface area (Å²) in [6.45, 7) is 5.30. The Bertz CT molecular complexity index is 533. The fraction of sp³-hybridized carbons (Fsp3) is 0.467. The molecule has 0 aromatic heterocycles. The topological polar surface area (TPSA) is 64.3 Å². The number of hydrogen-bond donors (Lipinski definition) is 1. The van der Waals surface area contributed by atoms with Gasteiger partial charge >= 0.3 is 5.97 Å². The summed E-state index contributed by atoms with van der Waals surface area (Å²) in [5.74, 6) is -0.414. The molecule has 0 spiro atoms. The van der Waals surface area contributed by atoms with Gasteiger partial charge in [0.25, 0.3) is 0 Å². The lowest BCUT2D eigenvalue weighted by molar-refractivity contribution is 0.0697. The van der Waals surface area contributed by atoms with Crippen LogP contribution in [-0.2, 0) is 0 Å². The first-order valence-corrected chi connectivity index (χ1v) is 6.58. The molecule has 1 aliphatic heterocycles. The van der Waals surface area contributed by atoms with Crippen LogP contribution in [0.2, 0.25) is 0 Å².